The summed E-state index contributed by atoms with van der Waals surface area (Å²) in [5.41, 5.74) is 2.55. The Labute approximate surface area is 217 Å². The molecule has 35 heavy (non-hydrogen) atoms. The van der Waals surface area contributed by atoms with E-state index >= 15 is 0 Å². The SMILES string of the molecule is CCO[C@H](CC/C=C/C(=O)NO)[C@H](OC(=O)Nc1cccc2ccccc12)c1cc(I)ccc1O. The molecule has 0 aromatic heterocycles. The first kappa shape index (κ1) is 26.5. The molecule has 0 spiro atoms. The Kier molecular flexibility index (Phi) is 9.88. The van der Waals surface area contributed by atoms with Gasteiger partial charge in [0.05, 0.1) is 11.8 Å². The van der Waals surface area contributed by atoms with Gasteiger partial charge in [0.2, 0.25) is 0 Å². The molecule has 3 aromatic carbocycles. The van der Waals surface area contributed by atoms with Crippen LogP contribution < -0.4 is 10.8 Å². The summed E-state index contributed by atoms with van der Waals surface area (Å²) in [6.45, 7) is 2.17. The van der Waals surface area contributed by atoms with Crippen molar-refractivity contribution in [3.63, 3.8) is 0 Å². The second-order valence-corrected chi connectivity index (χ2v) is 8.88. The summed E-state index contributed by atoms with van der Waals surface area (Å²) in [5, 5.41) is 23.9. The zero-order valence-corrected chi connectivity index (χ0v) is 21.3. The van der Waals surface area contributed by atoms with E-state index in [1.165, 1.54) is 11.6 Å². The first-order valence-corrected chi connectivity index (χ1v) is 12.2. The van der Waals surface area contributed by atoms with Crippen LogP contribution in [0.3, 0.4) is 0 Å². The van der Waals surface area contributed by atoms with Crippen molar-refractivity contribution in [3.8, 4) is 5.75 Å². The number of hydroxylamine groups is 1. The van der Waals surface area contributed by atoms with Crippen LogP contribution in [0.5, 0.6) is 5.75 Å². The summed E-state index contributed by atoms with van der Waals surface area (Å²) in [6.07, 6.45) is 1.37. The van der Waals surface area contributed by atoms with Crippen molar-refractivity contribution < 1.29 is 29.4 Å². The van der Waals surface area contributed by atoms with Gasteiger partial charge in [-0.15, -0.1) is 0 Å². The van der Waals surface area contributed by atoms with E-state index < -0.39 is 24.2 Å². The van der Waals surface area contributed by atoms with Gasteiger partial charge in [-0.1, -0.05) is 42.5 Å². The minimum absolute atomic E-state index is 0.0201. The number of carbonyl (C=O) groups is 2. The highest BCUT2D eigenvalue weighted by Gasteiger charge is 2.30. The molecular formula is C26H27IN2O6. The number of carbonyl (C=O) groups excluding carboxylic acids is 2. The Balaban J connectivity index is 1.86. The largest absolute Gasteiger partial charge is 0.508 e. The van der Waals surface area contributed by atoms with E-state index in [0.29, 0.717) is 30.7 Å². The van der Waals surface area contributed by atoms with Gasteiger partial charge in [0, 0.05) is 27.2 Å². The van der Waals surface area contributed by atoms with Gasteiger partial charge in [0.25, 0.3) is 5.91 Å². The lowest BCUT2D eigenvalue weighted by Gasteiger charge is -2.28. The van der Waals surface area contributed by atoms with Crippen molar-refractivity contribution in [2.75, 3.05) is 11.9 Å². The van der Waals surface area contributed by atoms with Gasteiger partial charge in [0.1, 0.15) is 5.75 Å². The standard InChI is InChI=1S/C26H27IN2O6/c1-2-34-23(12-5-6-13-24(31)29-33)25(20-16-18(27)14-15-22(20)30)35-26(32)28-21-11-7-9-17-8-3-4-10-19(17)21/h3-4,6-11,13-16,23,25,30,33H,2,5,12H2,1H3,(H,28,32)(H,29,31)/b13-6+/t23-,25-/m1/s1. The molecule has 184 valence electrons. The van der Waals surface area contributed by atoms with Crippen molar-refractivity contribution in [1.82, 2.24) is 5.48 Å². The molecule has 0 aliphatic rings. The van der Waals surface area contributed by atoms with Crippen LogP contribution in [0.4, 0.5) is 10.5 Å². The molecule has 3 aromatic rings. The molecule has 3 rings (SSSR count). The van der Waals surface area contributed by atoms with Crippen molar-refractivity contribution in [1.29, 1.82) is 0 Å². The van der Waals surface area contributed by atoms with Crippen LogP contribution >= 0.6 is 22.6 Å². The Morgan fingerprint density at radius 2 is 1.89 bits per heavy atom. The Bertz CT molecular complexity index is 1190. The smallest absolute Gasteiger partial charge is 0.412 e. The summed E-state index contributed by atoms with van der Waals surface area (Å²) in [7, 11) is 0. The number of fused-ring (bicyclic) bond motifs is 1. The summed E-state index contributed by atoms with van der Waals surface area (Å²) < 4.78 is 12.6. The van der Waals surface area contributed by atoms with Crippen LogP contribution in [0.25, 0.3) is 10.8 Å². The van der Waals surface area contributed by atoms with Crippen LogP contribution in [-0.2, 0) is 14.3 Å². The molecule has 0 saturated heterocycles. The molecule has 8 nitrogen and oxygen atoms in total. The number of rotatable bonds is 10. The van der Waals surface area contributed by atoms with E-state index in [2.05, 4.69) is 27.9 Å². The van der Waals surface area contributed by atoms with Gasteiger partial charge in [-0.2, -0.15) is 0 Å². The zero-order valence-electron chi connectivity index (χ0n) is 19.1. The van der Waals surface area contributed by atoms with Crippen LogP contribution in [0.2, 0.25) is 0 Å². The predicted molar refractivity (Wildman–Crippen MR) is 141 cm³/mol. The lowest BCUT2D eigenvalue weighted by Crippen LogP contribution is -2.29. The molecule has 0 unspecified atom stereocenters. The first-order chi connectivity index (χ1) is 16.9. The van der Waals surface area contributed by atoms with Crippen molar-refractivity contribution in [2.45, 2.75) is 32.0 Å². The average Bonchev–Trinajstić information content (AvgIpc) is 2.86. The highest BCUT2D eigenvalue weighted by Crippen LogP contribution is 2.34. The molecule has 2 amide bonds. The molecule has 0 bridgehead atoms. The van der Waals surface area contributed by atoms with E-state index in [-0.39, 0.29) is 5.75 Å². The average molecular weight is 590 g/mol. The summed E-state index contributed by atoms with van der Waals surface area (Å²) >= 11 is 2.12. The second kappa shape index (κ2) is 13.1. The molecular weight excluding hydrogens is 563 g/mol. The summed E-state index contributed by atoms with van der Waals surface area (Å²) in [6, 6.07) is 18.3. The van der Waals surface area contributed by atoms with Gasteiger partial charge < -0.3 is 14.6 Å². The third-order valence-electron chi connectivity index (χ3n) is 5.27. The molecule has 0 radical (unpaired) electrons. The van der Waals surface area contributed by atoms with E-state index in [1.807, 2.05) is 43.3 Å². The number of halogens is 1. The van der Waals surface area contributed by atoms with Crippen molar-refractivity contribution in [3.05, 3.63) is 81.9 Å². The highest BCUT2D eigenvalue weighted by atomic mass is 127. The molecule has 0 saturated carbocycles. The number of aromatic hydroxyl groups is 1. The summed E-state index contributed by atoms with van der Waals surface area (Å²) in [5.74, 6) is -0.663. The predicted octanol–water partition coefficient (Wildman–Crippen LogP) is 5.69. The fraction of sp³-hybridized carbons (Fsp3) is 0.231. The third-order valence-corrected chi connectivity index (χ3v) is 5.94. The van der Waals surface area contributed by atoms with E-state index in [1.54, 1.807) is 30.3 Å². The fourth-order valence-electron chi connectivity index (χ4n) is 3.71. The van der Waals surface area contributed by atoms with E-state index in [0.717, 1.165) is 14.3 Å². The minimum atomic E-state index is -0.917. The maximum absolute atomic E-state index is 13.0. The first-order valence-electron chi connectivity index (χ1n) is 11.1. The Morgan fingerprint density at radius 3 is 2.66 bits per heavy atom. The number of anilines is 1. The lowest BCUT2D eigenvalue weighted by atomic mass is 9.99. The molecule has 9 heteroatoms. The van der Waals surface area contributed by atoms with Crippen LogP contribution in [0.15, 0.2) is 72.8 Å². The van der Waals surface area contributed by atoms with Gasteiger partial charge >= 0.3 is 6.09 Å². The number of hydrogen-bond donors (Lipinski definition) is 4. The van der Waals surface area contributed by atoms with Crippen LogP contribution in [-0.4, -0.2) is 35.0 Å². The summed E-state index contributed by atoms with van der Waals surface area (Å²) in [4.78, 5) is 24.3. The Hall–Kier alpha value is -3.15. The quantitative estimate of drug-likeness (QED) is 0.104. The number of phenolic OH excluding ortho intramolecular Hbond substituents is 1. The van der Waals surface area contributed by atoms with Crippen LogP contribution in [0.1, 0.15) is 31.4 Å². The molecule has 2 atom stereocenters. The zero-order chi connectivity index (χ0) is 25.2. The minimum Gasteiger partial charge on any atom is -0.508 e. The number of allylic oxidation sites excluding steroid dienone is 1. The highest BCUT2D eigenvalue weighted by molar-refractivity contribution is 14.1. The van der Waals surface area contributed by atoms with Gasteiger partial charge in [-0.3, -0.25) is 15.3 Å². The number of amides is 2. The molecule has 4 N–H and O–H groups in total. The molecule has 0 heterocycles. The molecule has 0 aliphatic carbocycles. The van der Waals surface area contributed by atoms with E-state index in [9.17, 15) is 14.7 Å². The number of phenols is 1. The number of ether oxygens (including phenoxy) is 2. The lowest BCUT2D eigenvalue weighted by molar-refractivity contribution is -0.124. The topological polar surface area (TPSA) is 117 Å². The molecule has 0 aliphatic heterocycles. The van der Waals surface area contributed by atoms with Crippen molar-refractivity contribution in [2.24, 2.45) is 0 Å². The normalized spacial score (nSPS) is 12.9. The maximum Gasteiger partial charge on any atom is 0.412 e. The van der Waals surface area contributed by atoms with Gasteiger partial charge in [0.15, 0.2) is 6.10 Å². The van der Waals surface area contributed by atoms with E-state index in [4.69, 9.17) is 14.7 Å². The fourth-order valence-corrected chi connectivity index (χ4v) is 4.22. The molecule has 0 fully saturated rings. The number of nitrogens with one attached hydrogen (secondary N) is 2. The van der Waals surface area contributed by atoms with Crippen molar-refractivity contribution >= 4 is 51.1 Å². The van der Waals surface area contributed by atoms with Crippen LogP contribution in [0, 0.1) is 3.57 Å². The monoisotopic (exact) mass is 590 g/mol. The maximum atomic E-state index is 13.0. The van der Waals surface area contributed by atoms with Gasteiger partial charge in [-0.25, -0.2) is 10.3 Å². The number of hydrogen-bond acceptors (Lipinski definition) is 6. The number of benzene rings is 3. The second-order valence-electron chi connectivity index (χ2n) is 7.63. The third kappa shape index (κ3) is 7.41. The Morgan fingerprint density at radius 1 is 1.11 bits per heavy atom. The van der Waals surface area contributed by atoms with Gasteiger partial charge in [-0.05, 0) is 72.0 Å².